The summed E-state index contributed by atoms with van der Waals surface area (Å²) < 4.78 is 6.53. The van der Waals surface area contributed by atoms with E-state index in [-0.39, 0.29) is 5.97 Å². The summed E-state index contributed by atoms with van der Waals surface area (Å²) in [5, 5.41) is 0. The predicted octanol–water partition coefficient (Wildman–Crippen LogP) is 0.872. The summed E-state index contributed by atoms with van der Waals surface area (Å²) in [7, 11) is 1.38. The molecule has 1 aromatic carbocycles. The average Bonchev–Trinajstić information content (AvgIpc) is 2.08. The van der Waals surface area contributed by atoms with Crippen molar-refractivity contribution >= 4 is 49.8 Å². The van der Waals surface area contributed by atoms with E-state index in [9.17, 15) is 4.79 Å². The van der Waals surface area contributed by atoms with Gasteiger partial charge in [0.1, 0.15) is 0 Å². The van der Waals surface area contributed by atoms with Gasteiger partial charge in [-0.05, 0) is 0 Å². The van der Waals surface area contributed by atoms with Gasteiger partial charge < -0.3 is 0 Å². The van der Waals surface area contributed by atoms with Crippen LogP contribution in [0.3, 0.4) is 0 Å². The summed E-state index contributed by atoms with van der Waals surface area (Å²) >= 11 is 4.51. The molecule has 0 saturated carbocycles. The second kappa shape index (κ2) is 4.28. The Kier molecular flexibility index (Phi) is 3.59. The predicted molar refractivity (Wildman–Crippen MR) is 55.9 cm³/mol. The zero-order chi connectivity index (χ0) is 9.14. The van der Waals surface area contributed by atoms with Crippen LogP contribution in [0.4, 0.5) is 0 Å². The summed E-state index contributed by atoms with van der Waals surface area (Å²) in [4.78, 5) is 11.2. The number of esters is 1. The summed E-state index contributed by atoms with van der Waals surface area (Å²) in [6, 6.07) is 5.63. The molecule has 0 unspecified atom stereocenters. The summed E-state index contributed by atoms with van der Waals surface area (Å²) in [5.74, 6) is -0.288. The van der Waals surface area contributed by atoms with Gasteiger partial charge in [0.15, 0.2) is 0 Å². The second-order valence-electron chi connectivity index (χ2n) is 2.15. The van der Waals surface area contributed by atoms with Crippen LogP contribution in [0.15, 0.2) is 18.2 Å². The number of hydrogen-bond donors (Lipinski definition) is 0. The van der Waals surface area contributed by atoms with Gasteiger partial charge in [0.25, 0.3) is 0 Å². The first-order valence-electron chi connectivity index (χ1n) is 3.22. The van der Waals surface area contributed by atoms with Crippen LogP contribution in [-0.4, -0.2) is 29.9 Å². The first-order valence-corrected chi connectivity index (χ1v) is 5.23. The fraction of sp³-hybridized carbons (Fsp3) is 0.125. The Morgan fingerprint density at radius 1 is 1.58 bits per heavy atom. The van der Waals surface area contributed by atoms with Gasteiger partial charge in [-0.1, -0.05) is 0 Å². The molecule has 62 valence electrons. The molecule has 2 nitrogen and oxygen atoms in total. The molecule has 2 radical (unpaired) electrons. The van der Waals surface area contributed by atoms with Crippen molar-refractivity contribution in [2.75, 3.05) is 7.11 Å². The normalized spacial score (nSPS) is 9.58. The van der Waals surface area contributed by atoms with Gasteiger partial charge in [0, 0.05) is 0 Å². The molecule has 0 N–H and O–H groups in total. The molecule has 0 heterocycles. The molecule has 12 heavy (non-hydrogen) atoms. The average molecular weight is 336 g/mol. The van der Waals surface area contributed by atoms with E-state index in [0.29, 0.717) is 5.56 Å². The van der Waals surface area contributed by atoms with Gasteiger partial charge >= 0.3 is 93.7 Å². The quantitative estimate of drug-likeness (QED) is 0.432. The molecule has 0 aliphatic heterocycles. The molecule has 4 heteroatoms. The topological polar surface area (TPSA) is 26.3 Å². The Morgan fingerprint density at radius 2 is 2.25 bits per heavy atom. The van der Waals surface area contributed by atoms with E-state index in [1.165, 1.54) is 7.11 Å². The third kappa shape index (κ3) is 2.23. The van der Waals surface area contributed by atoms with Crippen LogP contribution >= 0.6 is 22.6 Å². The Bertz CT molecular complexity index is 312. The molecule has 0 atom stereocenters. The summed E-state index contributed by atoms with van der Waals surface area (Å²) in [5.41, 5.74) is 0.615. The summed E-state index contributed by atoms with van der Waals surface area (Å²) in [6.07, 6.45) is 0. The number of halogens is 1. The Morgan fingerprint density at radius 3 is 2.83 bits per heavy atom. The zero-order valence-corrected chi connectivity index (χ0v) is 10.4. The molecule has 0 saturated heterocycles. The standard InChI is InChI=1S/C8H6AsIO2/c1-12-8(11)6-4-5(10)2-3-7(6)9/h2-4H,1H3. The fourth-order valence-electron chi connectivity index (χ4n) is 0.782. The molecule has 0 fully saturated rings. The van der Waals surface area contributed by atoms with Crippen LogP contribution in [-0.2, 0) is 4.74 Å². The van der Waals surface area contributed by atoms with E-state index in [2.05, 4.69) is 44.2 Å². The van der Waals surface area contributed by atoms with Gasteiger partial charge in [-0.2, -0.15) is 0 Å². The van der Waals surface area contributed by atoms with Gasteiger partial charge in [-0.3, -0.25) is 0 Å². The van der Waals surface area contributed by atoms with Crippen molar-refractivity contribution in [1.29, 1.82) is 0 Å². The van der Waals surface area contributed by atoms with E-state index in [4.69, 9.17) is 0 Å². The number of carbonyl (C=O) groups excluding carboxylic acids is 1. The number of benzene rings is 1. The van der Waals surface area contributed by atoms with Crippen LogP contribution in [0.2, 0.25) is 0 Å². The Labute approximate surface area is 93.3 Å². The monoisotopic (exact) mass is 336 g/mol. The van der Waals surface area contributed by atoms with Crippen molar-refractivity contribution in [2.24, 2.45) is 0 Å². The van der Waals surface area contributed by atoms with E-state index in [1.807, 2.05) is 12.1 Å². The van der Waals surface area contributed by atoms with Crippen molar-refractivity contribution in [2.45, 2.75) is 0 Å². The van der Waals surface area contributed by atoms with Crippen LogP contribution < -0.4 is 4.35 Å². The molecule has 0 aliphatic carbocycles. The first-order chi connectivity index (χ1) is 5.65. The van der Waals surface area contributed by atoms with Crippen LogP contribution in [0, 0.1) is 3.57 Å². The Hall–Kier alpha value is -0.0216. The molecule has 1 rings (SSSR count). The second-order valence-corrected chi connectivity index (χ2v) is 4.41. The van der Waals surface area contributed by atoms with Gasteiger partial charge in [0.05, 0.1) is 0 Å². The molecule has 0 spiro atoms. The van der Waals surface area contributed by atoms with Crippen LogP contribution in [0.1, 0.15) is 10.4 Å². The molecule has 0 amide bonds. The van der Waals surface area contributed by atoms with Crippen molar-refractivity contribution < 1.29 is 9.53 Å². The number of carbonyl (C=O) groups is 1. The van der Waals surface area contributed by atoms with E-state index < -0.39 is 0 Å². The van der Waals surface area contributed by atoms with E-state index in [1.54, 1.807) is 6.07 Å². The van der Waals surface area contributed by atoms with Crippen molar-refractivity contribution in [3.8, 4) is 0 Å². The number of ether oxygens (including phenoxy) is 1. The molecule has 0 bridgehead atoms. The fourth-order valence-corrected chi connectivity index (χ4v) is 1.76. The molecule has 1 aromatic rings. The number of hydrogen-bond acceptors (Lipinski definition) is 2. The Balaban J connectivity index is 3.13. The maximum atomic E-state index is 11.2. The maximum absolute atomic E-state index is 11.2. The van der Waals surface area contributed by atoms with E-state index in [0.717, 1.165) is 7.92 Å². The third-order valence-corrected chi connectivity index (χ3v) is 2.85. The molecule has 0 aromatic heterocycles. The molecular weight excluding hydrogens is 330 g/mol. The number of rotatable bonds is 1. The van der Waals surface area contributed by atoms with E-state index >= 15 is 0 Å². The molecular formula is C8H6AsIO2. The van der Waals surface area contributed by atoms with Crippen molar-refractivity contribution in [3.63, 3.8) is 0 Å². The third-order valence-electron chi connectivity index (χ3n) is 1.36. The van der Waals surface area contributed by atoms with Crippen LogP contribution in [0.5, 0.6) is 0 Å². The minimum atomic E-state index is -0.288. The SMILES string of the molecule is COC(=O)c1cc(I)ccc1[As]. The zero-order valence-electron chi connectivity index (χ0n) is 6.37. The number of methoxy groups -OCH3 is 1. The summed E-state index contributed by atoms with van der Waals surface area (Å²) in [6.45, 7) is 0. The van der Waals surface area contributed by atoms with Gasteiger partial charge in [0.2, 0.25) is 0 Å². The van der Waals surface area contributed by atoms with Crippen molar-refractivity contribution in [1.82, 2.24) is 0 Å². The minimum absolute atomic E-state index is 0.288. The van der Waals surface area contributed by atoms with Gasteiger partial charge in [-0.25, -0.2) is 0 Å². The van der Waals surface area contributed by atoms with Crippen molar-refractivity contribution in [3.05, 3.63) is 27.3 Å². The molecule has 0 aliphatic rings. The van der Waals surface area contributed by atoms with Crippen LogP contribution in [0.25, 0.3) is 0 Å². The first kappa shape index (κ1) is 10.1. The van der Waals surface area contributed by atoms with Gasteiger partial charge in [-0.15, -0.1) is 0 Å².